The summed E-state index contributed by atoms with van der Waals surface area (Å²) in [5.74, 6) is 0. The van der Waals surface area contributed by atoms with Crippen molar-refractivity contribution in [3.05, 3.63) is 60.3 Å². The number of aromatic nitrogens is 1. The van der Waals surface area contributed by atoms with Crippen LogP contribution in [0.25, 0.3) is 10.9 Å². The Morgan fingerprint density at radius 3 is 2.26 bits per heavy atom. The quantitative estimate of drug-likeness (QED) is 0.657. The van der Waals surface area contributed by atoms with Gasteiger partial charge in [0.2, 0.25) is 9.84 Å². The van der Waals surface area contributed by atoms with E-state index in [9.17, 15) is 8.42 Å². The third-order valence-electron chi connectivity index (χ3n) is 5.26. The van der Waals surface area contributed by atoms with Gasteiger partial charge in [-0.25, -0.2) is 8.42 Å². The number of pyridine rings is 1. The van der Waals surface area contributed by atoms with Gasteiger partial charge in [0.15, 0.2) is 0 Å². The van der Waals surface area contributed by atoms with Crippen LogP contribution in [-0.2, 0) is 9.84 Å². The van der Waals surface area contributed by atoms with Gasteiger partial charge >= 0.3 is 0 Å². The minimum absolute atomic E-state index is 0.312. The molecule has 5 heteroatoms. The summed E-state index contributed by atoms with van der Waals surface area (Å²) in [6, 6.07) is 14.9. The van der Waals surface area contributed by atoms with Gasteiger partial charge in [0.25, 0.3) is 0 Å². The monoisotopic (exact) mass is 380 g/mol. The lowest BCUT2D eigenvalue weighted by molar-refractivity contribution is 0.595. The summed E-state index contributed by atoms with van der Waals surface area (Å²) >= 11 is 0. The molecule has 140 valence electrons. The Morgan fingerprint density at radius 1 is 0.889 bits per heavy atom. The molecule has 1 saturated heterocycles. The van der Waals surface area contributed by atoms with Gasteiger partial charge in [-0.3, -0.25) is 4.98 Å². The highest BCUT2D eigenvalue weighted by Crippen LogP contribution is 2.36. The maximum atomic E-state index is 13.5. The molecule has 3 aromatic rings. The van der Waals surface area contributed by atoms with Crippen LogP contribution in [0, 0.1) is 6.92 Å². The number of sulfone groups is 1. The van der Waals surface area contributed by atoms with Gasteiger partial charge in [-0.15, -0.1) is 0 Å². The van der Waals surface area contributed by atoms with E-state index in [1.54, 1.807) is 12.1 Å². The predicted octanol–water partition coefficient (Wildman–Crippen LogP) is 4.76. The third kappa shape index (κ3) is 3.44. The number of hydrogen-bond acceptors (Lipinski definition) is 4. The second-order valence-corrected chi connectivity index (χ2v) is 9.12. The van der Waals surface area contributed by atoms with E-state index in [0.717, 1.165) is 48.1 Å². The van der Waals surface area contributed by atoms with Crippen LogP contribution < -0.4 is 4.90 Å². The van der Waals surface area contributed by atoms with E-state index in [1.165, 1.54) is 19.0 Å². The highest BCUT2D eigenvalue weighted by molar-refractivity contribution is 7.91. The van der Waals surface area contributed by atoms with Crippen molar-refractivity contribution in [2.24, 2.45) is 0 Å². The van der Waals surface area contributed by atoms with Gasteiger partial charge < -0.3 is 4.90 Å². The number of fused-ring (bicyclic) bond motifs is 1. The van der Waals surface area contributed by atoms with Crippen LogP contribution in [0.1, 0.15) is 31.2 Å². The molecule has 2 aromatic carbocycles. The summed E-state index contributed by atoms with van der Waals surface area (Å²) in [4.78, 5) is 7.34. The Morgan fingerprint density at radius 2 is 1.56 bits per heavy atom. The summed E-state index contributed by atoms with van der Waals surface area (Å²) in [5, 5.41) is 0.910. The van der Waals surface area contributed by atoms with Gasteiger partial charge in [-0.1, -0.05) is 48.7 Å². The Kier molecular flexibility index (Phi) is 4.87. The summed E-state index contributed by atoms with van der Waals surface area (Å²) in [5.41, 5.74) is 2.68. The maximum absolute atomic E-state index is 13.5. The smallest absolute Gasteiger partial charge is 0.210 e. The van der Waals surface area contributed by atoms with Crippen molar-refractivity contribution in [2.75, 3.05) is 18.0 Å². The molecule has 0 bridgehead atoms. The fourth-order valence-electron chi connectivity index (χ4n) is 3.77. The normalized spacial score (nSPS) is 15.7. The molecule has 2 heterocycles. The molecule has 4 nitrogen and oxygen atoms in total. The average Bonchev–Trinajstić information content (AvgIpc) is 2.96. The predicted molar refractivity (Wildman–Crippen MR) is 109 cm³/mol. The maximum Gasteiger partial charge on any atom is 0.210 e. The molecule has 4 rings (SSSR count). The number of anilines is 1. The molecule has 0 saturated carbocycles. The Bertz CT molecular complexity index is 1050. The molecule has 0 N–H and O–H groups in total. The van der Waals surface area contributed by atoms with Crippen molar-refractivity contribution in [2.45, 2.75) is 42.4 Å². The second-order valence-electron chi connectivity index (χ2n) is 7.21. The lowest BCUT2D eigenvalue weighted by Crippen LogP contribution is -2.26. The topological polar surface area (TPSA) is 50.3 Å². The van der Waals surface area contributed by atoms with Crippen molar-refractivity contribution in [1.82, 2.24) is 4.98 Å². The molecule has 1 aliphatic heterocycles. The SMILES string of the molecule is Cc1ccc(S(=O)(=O)c2cnc3ccccc3c2N2CCCCCC2)cc1. The number of hydrogen-bond donors (Lipinski definition) is 0. The van der Waals surface area contributed by atoms with Crippen molar-refractivity contribution in [1.29, 1.82) is 0 Å². The minimum Gasteiger partial charge on any atom is -0.370 e. The molecule has 0 amide bonds. The Hall–Kier alpha value is -2.40. The van der Waals surface area contributed by atoms with E-state index >= 15 is 0 Å². The van der Waals surface area contributed by atoms with Gasteiger partial charge in [0.05, 0.1) is 16.1 Å². The van der Waals surface area contributed by atoms with Crippen molar-refractivity contribution >= 4 is 26.4 Å². The number of benzene rings is 2. The fourth-order valence-corrected chi connectivity index (χ4v) is 5.20. The van der Waals surface area contributed by atoms with E-state index in [1.807, 2.05) is 43.3 Å². The van der Waals surface area contributed by atoms with Crippen LogP contribution in [-0.4, -0.2) is 26.5 Å². The fraction of sp³-hybridized carbons (Fsp3) is 0.318. The lowest BCUT2D eigenvalue weighted by atomic mass is 10.1. The van der Waals surface area contributed by atoms with E-state index < -0.39 is 9.84 Å². The van der Waals surface area contributed by atoms with Crippen LogP contribution in [0.3, 0.4) is 0 Å². The van der Waals surface area contributed by atoms with Gasteiger partial charge in [-0.2, -0.15) is 0 Å². The summed E-state index contributed by atoms with van der Waals surface area (Å²) in [7, 11) is -3.64. The third-order valence-corrected chi connectivity index (χ3v) is 7.03. The molecule has 0 aliphatic carbocycles. The molecule has 27 heavy (non-hydrogen) atoms. The average molecular weight is 381 g/mol. The summed E-state index contributed by atoms with van der Waals surface area (Å²) in [6.45, 7) is 3.71. The first-order valence-electron chi connectivity index (χ1n) is 9.52. The van der Waals surface area contributed by atoms with E-state index in [4.69, 9.17) is 0 Å². The van der Waals surface area contributed by atoms with E-state index in [2.05, 4.69) is 9.88 Å². The molecule has 1 aromatic heterocycles. The van der Waals surface area contributed by atoms with Crippen LogP contribution in [0.5, 0.6) is 0 Å². The number of nitrogens with zero attached hydrogens (tertiary/aromatic N) is 2. The van der Waals surface area contributed by atoms with Gasteiger partial charge in [0.1, 0.15) is 4.90 Å². The first-order chi connectivity index (χ1) is 13.1. The first kappa shape index (κ1) is 18.0. The molecular formula is C22H24N2O2S. The summed E-state index contributed by atoms with van der Waals surface area (Å²) in [6.07, 6.45) is 6.10. The van der Waals surface area contributed by atoms with Crippen LogP contribution in [0.2, 0.25) is 0 Å². The van der Waals surface area contributed by atoms with E-state index in [0.29, 0.717) is 9.79 Å². The number of para-hydroxylation sites is 1. The molecule has 0 radical (unpaired) electrons. The van der Waals surface area contributed by atoms with Crippen molar-refractivity contribution in [3.8, 4) is 0 Å². The number of rotatable bonds is 3. The molecule has 1 fully saturated rings. The highest BCUT2D eigenvalue weighted by atomic mass is 32.2. The zero-order valence-electron chi connectivity index (χ0n) is 15.6. The minimum atomic E-state index is -3.64. The number of aryl methyl sites for hydroxylation is 1. The second kappa shape index (κ2) is 7.31. The van der Waals surface area contributed by atoms with Crippen molar-refractivity contribution in [3.63, 3.8) is 0 Å². The molecule has 0 unspecified atom stereocenters. The first-order valence-corrected chi connectivity index (χ1v) is 11.0. The largest absolute Gasteiger partial charge is 0.370 e. The van der Waals surface area contributed by atoms with Gasteiger partial charge in [0, 0.05) is 24.7 Å². The van der Waals surface area contributed by atoms with Crippen LogP contribution in [0.15, 0.2) is 64.5 Å². The standard InChI is InChI=1S/C22H24N2O2S/c1-17-10-12-18(13-11-17)27(25,26)21-16-23-20-9-5-4-8-19(20)22(21)24-14-6-2-3-7-15-24/h4-5,8-13,16H,2-3,6-7,14-15H2,1H3. The highest BCUT2D eigenvalue weighted by Gasteiger charge is 2.27. The Labute approximate surface area is 160 Å². The molecule has 0 atom stereocenters. The lowest BCUT2D eigenvalue weighted by Gasteiger charge is -2.26. The molecule has 0 spiro atoms. The van der Waals surface area contributed by atoms with Gasteiger partial charge in [-0.05, 0) is 38.0 Å². The Balaban J connectivity index is 1.94. The van der Waals surface area contributed by atoms with E-state index in [-0.39, 0.29) is 0 Å². The zero-order chi connectivity index (χ0) is 18.9. The van der Waals surface area contributed by atoms with Crippen molar-refractivity contribution < 1.29 is 8.42 Å². The zero-order valence-corrected chi connectivity index (χ0v) is 16.4. The molecule has 1 aliphatic rings. The van der Waals surface area contributed by atoms with Crippen LogP contribution >= 0.6 is 0 Å². The molecular weight excluding hydrogens is 356 g/mol. The van der Waals surface area contributed by atoms with Crippen LogP contribution in [0.4, 0.5) is 5.69 Å². The summed E-state index contributed by atoms with van der Waals surface area (Å²) < 4.78 is 26.9.